The fourth-order valence-electron chi connectivity index (χ4n) is 0.829. The quantitative estimate of drug-likeness (QED) is 0.544. The number of hydrogen-bond acceptors (Lipinski definition) is 1. The molecule has 4 heteroatoms. The second kappa shape index (κ2) is 5.02. The molecule has 0 radical (unpaired) electrons. The van der Waals surface area contributed by atoms with Gasteiger partial charge in [0.05, 0.1) is 6.61 Å². The van der Waals surface area contributed by atoms with E-state index >= 15 is 0 Å². The van der Waals surface area contributed by atoms with E-state index in [1.165, 1.54) is 6.07 Å². The second-order valence-corrected chi connectivity index (χ2v) is 2.84. The van der Waals surface area contributed by atoms with Gasteiger partial charge in [0.2, 0.25) is 0 Å². The number of benzene rings is 1. The van der Waals surface area contributed by atoms with Crippen LogP contribution in [0.2, 0.25) is 0 Å². The molecule has 1 rings (SSSR count). The summed E-state index contributed by atoms with van der Waals surface area (Å²) in [6.07, 6.45) is 0.637. The largest absolute Gasteiger partial charge is 0.490 e. The molecule has 0 aromatic heterocycles. The minimum absolute atomic E-state index is 0.0616. The van der Waals surface area contributed by atoms with Gasteiger partial charge in [0, 0.05) is 11.9 Å². The Morgan fingerprint density at radius 3 is 2.69 bits per heavy atom. The first-order valence-electron chi connectivity index (χ1n) is 3.88. The van der Waals surface area contributed by atoms with E-state index in [2.05, 4.69) is 0 Å². The third-order valence-corrected chi connectivity index (χ3v) is 1.70. The van der Waals surface area contributed by atoms with Gasteiger partial charge in [0.1, 0.15) is 5.82 Å². The smallest absolute Gasteiger partial charge is 0.167 e. The van der Waals surface area contributed by atoms with Crippen molar-refractivity contribution in [2.75, 3.05) is 12.5 Å². The predicted octanol–water partition coefficient (Wildman–Crippen LogP) is 2.97. The van der Waals surface area contributed by atoms with E-state index in [0.717, 1.165) is 12.1 Å². The minimum Gasteiger partial charge on any atom is -0.490 e. The molecule has 0 spiro atoms. The van der Waals surface area contributed by atoms with Crippen molar-refractivity contribution in [2.24, 2.45) is 0 Å². The molecule has 0 fully saturated rings. The summed E-state index contributed by atoms with van der Waals surface area (Å²) >= 11 is 5.40. The van der Waals surface area contributed by atoms with Crippen molar-refractivity contribution in [1.29, 1.82) is 0 Å². The Kier molecular flexibility index (Phi) is 3.96. The summed E-state index contributed by atoms with van der Waals surface area (Å²) in [5, 5.41) is 0. The maximum Gasteiger partial charge on any atom is 0.167 e. The van der Waals surface area contributed by atoms with Crippen molar-refractivity contribution in [1.82, 2.24) is 0 Å². The van der Waals surface area contributed by atoms with Crippen LogP contribution in [0.15, 0.2) is 18.2 Å². The number of hydrogen-bond donors (Lipinski definition) is 0. The van der Waals surface area contributed by atoms with Crippen LogP contribution in [0.3, 0.4) is 0 Å². The predicted molar refractivity (Wildman–Crippen MR) is 47.2 cm³/mol. The fourth-order valence-corrected chi connectivity index (χ4v) is 0.938. The maximum absolute atomic E-state index is 12.9. The van der Waals surface area contributed by atoms with Gasteiger partial charge in [-0.3, -0.25) is 0 Å². The van der Waals surface area contributed by atoms with Crippen LogP contribution in [0.5, 0.6) is 5.75 Å². The lowest BCUT2D eigenvalue weighted by Gasteiger charge is -2.05. The van der Waals surface area contributed by atoms with E-state index in [4.69, 9.17) is 16.3 Å². The van der Waals surface area contributed by atoms with Gasteiger partial charge in [-0.15, -0.1) is 11.6 Å². The molecule has 1 aromatic rings. The standard InChI is InChI=1S/C9H9ClF2O/c10-4-1-5-13-9-3-2-7(11)6-8(9)12/h2-3,6H,1,4-5H2. The highest BCUT2D eigenvalue weighted by molar-refractivity contribution is 6.17. The summed E-state index contributed by atoms with van der Waals surface area (Å²) in [5.74, 6) is -0.772. The van der Waals surface area contributed by atoms with Crippen molar-refractivity contribution in [3.05, 3.63) is 29.8 Å². The zero-order chi connectivity index (χ0) is 9.68. The van der Waals surface area contributed by atoms with Crippen LogP contribution in [-0.2, 0) is 0 Å². The van der Waals surface area contributed by atoms with Crippen LogP contribution in [0.25, 0.3) is 0 Å². The number of alkyl halides is 1. The zero-order valence-electron chi connectivity index (χ0n) is 6.90. The molecule has 0 aliphatic heterocycles. The number of ether oxygens (including phenoxy) is 1. The molecule has 72 valence electrons. The highest BCUT2D eigenvalue weighted by atomic mass is 35.5. The van der Waals surface area contributed by atoms with E-state index in [0.29, 0.717) is 18.9 Å². The minimum atomic E-state index is -0.686. The van der Waals surface area contributed by atoms with Gasteiger partial charge >= 0.3 is 0 Å². The van der Waals surface area contributed by atoms with Crippen LogP contribution in [0.1, 0.15) is 6.42 Å². The van der Waals surface area contributed by atoms with E-state index in [9.17, 15) is 8.78 Å². The molecule has 1 nitrogen and oxygen atoms in total. The van der Waals surface area contributed by atoms with E-state index in [-0.39, 0.29) is 5.75 Å². The van der Waals surface area contributed by atoms with Crippen molar-refractivity contribution in [3.63, 3.8) is 0 Å². The highest BCUT2D eigenvalue weighted by Gasteiger charge is 2.03. The lowest BCUT2D eigenvalue weighted by molar-refractivity contribution is 0.301. The molecule has 13 heavy (non-hydrogen) atoms. The molecule has 0 bridgehead atoms. The summed E-state index contributed by atoms with van der Waals surface area (Å²) in [4.78, 5) is 0. The van der Waals surface area contributed by atoms with Gasteiger partial charge in [-0.1, -0.05) is 0 Å². The molecule has 0 aliphatic carbocycles. The van der Waals surface area contributed by atoms with Crippen molar-refractivity contribution < 1.29 is 13.5 Å². The average Bonchev–Trinajstić information content (AvgIpc) is 2.09. The van der Waals surface area contributed by atoms with Gasteiger partial charge in [-0.05, 0) is 18.6 Å². The SMILES string of the molecule is Fc1ccc(OCCCCl)c(F)c1. The average molecular weight is 207 g/mol. The Bertz CT molecular complexity index is 278. The first-order valence-corrected chi connectivity index (χ1v) is 4.41. The van der Waals surface area contributed by atoms with Gasteiger partial charge < -0.3 is 4.74 Å². The van der Waals surface area contributed by atoms with Gasteiger partial charge in [-0.2, -0.15) is 0 Å². The molecule has 0 unspecified atom stereocenters. The Morgan fingerprint density at radius 1 is 1.31 bits per heavy atom. The lowest BCUT2D eigenvalue weighted by Crippen LogP contribution is -1.99. The van der Waals surface area contributed by atoms with Crippen LogP contribution in [0.4, 0.5) is 8.78 Å². The Balaban J connectivity index is 2.56. The Labute approximate surface area is 80.3 Å². The molecule has 0 saturated carbocycles. The summed E-state index contributed by atoms with van der Waals surface area (Å²) in [6, 6.07) is 3.20. The molecular formula is C9H9ClF2O. The summed E-state index contributed by atoms with van der Waals surface area (Å²) in [7, 11) is 0. The first-order chi connectivity index (χ1) is 6.24. The fraction of sp³-hybridized carbons (Fsp3) is 0.333. The lowest BCUT2D eigenvalue weighted by atomic mass is 10.3. The third-order valence-electron chi connectivity index (χ3n) is 1.43. The molecule has 0 N–H and O–H groups in total. The molecule has 0 saturated heterocycles. The van der Waals surface area contributed by atoms with Crippen LogP contribution in [-0.4, -0.2) is 12.5 Å². The second-order valence-electron chi connectivity index (χ2n) is 2.47. The topological polar surface area (TPSA) is 9.23 Å². The molecule has 0 heterocycles. The summed E-state index contributed by atoms with van der Waals surface area (Å²) in [5.41, 5.74) is 0. The Morgan fingerprint density at radius 2 is 2.08 bits per heavy atom. The molecule has 0 atom stereocenters. The van der Waals surface area contributed by atoms with Crippen LogP contribution >= 0.6 is 11.6 Å². The van der Waals surface area contributed by atoms with E-state index < -0.39 is 11.6 Å². The van der Waals surface area contributed by atoms with Gasteiger partial charge in [0.25, 0.3) is 0 Å². The van der Waals surface area contributed by atoms with E-state index in [1.54, 1.807) is 0 Å². The molecule has 1 aromatic carbocycles. The summed E-state index contributed by atoms with van der Waals surface area (Å²) in [6.45, 7) is 0.339. The number of halogens is 3. The van der Waals surface area contributed by atoms with Crippen molar-refractivity contribution >= 4 is 11.6 Å². The van der Waals surface area contributed by atoms with Crippen LogP contribution < -0.4 is 4.74 Å². The van der Waals surface area contributed by atoms with Gasteiger partial charge in [-0.25, -0.2) is 8.78 Å². The monoisotopic (exact) mass is 206 g/mol. The zero-order valence-corrected chi connectivity index (χ0v) is 7.65. The molecule has 0 amide bonds. The molecule has 0 aliphatic rings. The normalized spacial score (nSPS) is 10.1. The van der Waals surface area contributed by atoms with Gasteiger partial charge in [0.15, 0.2) is 11.6 Å². The molecular weight excluding hydrogens is 198 g/mol. The van der Waals surface area contributed by atoms with Crippen molar-refractivity contribution in [3.8, 4) is 5.75 Å². The van der Waals surface area contributed by atoms with Crippen molar-refractivity contribution in [2.45, 2.75) is 6.42 Å². The van der Waals surface area contributed by atoms with Crippen LogP contribution in [0, 0.1) is 11.6 Å². The summed E-state index contributed by atoms with van der Waals surface area (Å²) < 4.78 is 30.3. The van der Waals surface area contributed by atoms with E-state index in [1.807, 2.05) is 0 Å². The number of rotatable bonds is 4. The highest BCUT2D eigenvalue weighted by Crippen LogP contribution is 2.17. The maximum atomic E-state index is 12.9. The first kappa shape index (κ1) is 10.3. The third kappa shape index (κ3) is 3.19. The Hall–Kier alpha value is -0.830.